The summed E-state index contributed by atoms with van der Waals surface area (Å²) < 4.78 is 77.5. The minimum Gasteiger partial charge on any atom is -0.860 e. The highest BCUT2D eigenvalue weighted by Gasteiger charge is 2.49. The molecule has 0 saturated heterocycles. The fourth-order valence-corrected chi connectivity index (χ4v) is 17.7. The lowest BCUT2D eigenvalue weighted by Crippen LogP contribution is -2.50. The summed E-state index contributed by atoms with van der Waals surface area (Å²) >= 11 is 0. The summed E-state index contributed by atoms with van der Waals surface area (Å²) in [7, 11) is -8.67. The van der Waals surface area contributed by atoms with Gasteiger partial charge < -0.3 is 14.7 Å². The molecule has 0 aliphatic carbocycles. The van der Waals surface area contributed by atoms with Crippen LogP contribution < -0.4 is 46.5 Å². The first-order valence-electron chi connectivity index (χ1n) is 26.4. The van der Waals surface area contributed by atoms with Crippen LogP contribution in [0.25, 0.3) is 62.7 Å². The molecule has 0 aliphatic rings. The molecular weight excluding hydrogens is 1240 g/mol. The maximum atomic E-state index is 13.8. The van der Waals surface area contributed by atoms with Crippen molar-refractivity contribution in [2.24, 2.45) is 30.7 Å². The molecule has 0 aromatic heterocycles. The van der Waals surface area contributed by atoms with Crippen molar-refractivity contribution in [3.63, 3.8) is 0 Å². The topological polar surface area (TPSA) is 382 Å². The van der Waals surface area contributed by atoms with Gasteiger partial charge in [0.1, 0.15) is 66.0 Å². The van der Waals surface area contributed by atoms with Crippen molar-refractivity contribution in [2.45, 2.75) is 12.4 Å². The Kier molecular flexibility index (Phi) is 23.3. The van der Waals surface area contributed by atoms with Gasteiger partial charge in [0, 0.05) is 74.7 Å². The quantitative estimate of drug-likeness (QED) is 0.0136. The zero-order valence-electron chi connectivity index (χ0n) is 47.1. The highest BCUT2D eigenvalue weighted by atomic mass is 31.2. The monoisotopic (exact) mass is 1280 g/mol. The van der Waals surface area contributed by atoms with E-state index in [1.807, 2.05) is 48.5 Å². The molecular formula is C60H41BF6N18O5P2. The number of azide groups is 6. The third kappa shape index (κ3) is 17.4. The number of alkyl halides is 6. The molecule has 92 heavy (non-hydrogen) atoms. The van der Waals surface area contributed by atoms with E-state index in [9.17, 15) is 46.0 Å². The SMILES string of the molecule is [N-]=[N+]=Nc1cccc([P+](CC(=O)c2ccccc2)(c2cccc(N=[N+]=[N-])c2)c2cccc(N=[N+]=[N-])c2)c1.[N-]=[N+]=Nc1cccc([P+](CC(=O)c2ccccc2)(c2cccc(N=[N+]=[N-])c2)c2cccc(N=[N+]=[N-])c2)c1.[O-]B([O-])Oc1cc(C(F)(F)F)cc(C(F)(F)F)c1. The van der Waals surface area contributed by atoms with Crippen LogP contribution >= 0.6 is 14.5 Å². The van der Waals surface area contributed by atoms with Crippen LogP contribution in [0.2, 0.25) is 0 Å². The third-order valence-corrected chi connectivity index (χ3v) is 21.8. The van der Waals surface area contributed by atoms with Crippen LogP contribution in [0.5, 0.6) is 5.75 Å². The molecule has 23 nitrogen and oxygen atoms in total. The van der Waals surface area contributed by atoms with E-state index in [2.05, 4.69) is 64.8 Å². The highest BCUT2D eigenvalue weighted by Crippen LogP contribution is 2.58. The van der Waals surface area contributed by atoms with Gasteiger partial charge >= 0.3 is 12.4 Å². The smallest absolute Gasteiger partial charge is 0.416 e. The van der Waals surface area contributed by atoms with E-state index < -0.39 is 51.1 Å². The number of Topliss-reactive ketones (excluding diaryl/α,β-unsaturated/α-hetero) is 2. The van der Waals surface area contributed by atoms with Crippen LogP contribution in [-0.2, 0) is 12.4 Å². The number of carbonyl (C=O) groups is 2. The Morgan fingerprint density at radius 3 is 0.815 bits per heavy atom. The summed E-state index contributed by atoms with van der Waals surface area (Å²) in [6.45, 7) is 0. The number of halogens is 6. The Morgan fingerprint density at radius 1 is 0.370 bits per heavy atom. The Morgan fingerprint density at radius 2 is 0.609 bits per heavy atom. The van der Waals surface area contributed by atoms with Crippen molar-refractivity contribution in [1.82, 2.24) is 0 Å². The van der Waals surface area contributed by atoms with Crippen molar-refractivity contribution >= 4 is 99.4 Å². The Labute approximate surface area is 518 Å². The summed E-state index contributed by atoms with van der Waals surface area (Å²) in [6, 6.07) is 60.8. The maximum absolute atomic E-state index is 13.8. The van der Waals surface area contributed by atoms with Gasteiger partial charge in [0.25, 0.3) is 0 Å². The van der Waals surface area contributed by atoms with E-state index in [1.165, 1.54) is 0 Å². The largest absolute Gasteiger partial charge is 0.860 e. The normalized spacial score (nSPS) is 11.8. The lowest BCUT2D eigenvalue weighted by Gasteiger charge is -2.28. The van der Waals surface area contributed by atoms with Gasteiger partial charge in [-0.2, -0.15) is 26.3 Å². The van der Waals surface area contributed by atoms with Crippen LogP contribution in [0.4, 0.5) is 60.5 Å². The average molecular weight is 1280 g/mol. The Hall–Kier alpha value is -11.6. The first-order valence-corrected chi connectivity index (χ1v) is 30.3. The number of rotatable bonds is 20. The van der Waals surface area contributed by atoms with E-state index in [0.29, 0.717) is 45.3 Å². The van der Waals surface area contributed by atoms with Gasteiger partial charge in [-0.3, -0.25) is 9.59 Å². The number of carbonyl (C=O) groups excluding carboxylic acids is 2. The average Bonchev–Trinajstić information content (AvgIpc) is 0.755. The van der Waals surface area contributed by atoms with E-state index in [4.69, 9.17) is 33.2 Å². The van der Waals surface area contributed by atoms with Crippen molar-refractivity contribution in [1.29, 1.82) is 0 Å². The second kappa shape index (κ2) is 31.5. The molecule has 0 unspecified atom stereocenters. The molecule has 456 valence electrons. The van der Waals surface area contributed by atoms with E-state index in [-0.39, 0.29) is 42.1 Å². The van der Waals surface area contributed by atoms with Gasteiger partial charge in [0.15, 0.2) is 0 Å². The summed E-state index contributed by atoms with van der Waals surface area (Å²) in [5.74, 6) is -1.26. The van der Waals surface area contributed by atoms with Gasteiger partial charge in [-0.15, -0.1) is 0 Å². The second-order valence-electron chi connectivity index (χ2n) is 18.9. The highest BCUT2D eigenvalue weighted by molar-refractivity contribution is 7.96. The molecule has 0 heterocycles. The molecule has 9 aromatic carbocycles. The van der Waals surface area contributed by atoms with Gasteiger partial charge in [0.2, 0.25) is 11.6 Å². The van der Waals surface area contributed by atoms with Crippen molar-refractivity contribution in [3.05, 3.63) is 309 Å². The minimum absolute atomic E-state index is 0.0912. The number of benzene rings is 9. The Bertz CT molecular complexity index is 3910. The number of hydrogen-bond donors (Lipinski definition) is 0. The standard InChI is InChI=1S/2C26H19N9OP.C8H3BF6O3/c2*27-33-30-20-9-4-12-23(15-20)37(18-26(36)19-7-2-1-3-8-19,24-13-5-10-21(16-24)31-34-28)25-14-6-11-22(17-25)32-35-29;10-7(11,12)4-1-5(8(13,14)15)3-6(2-4)18-9(16)17/h2*1-17H,18H2;1-3H/q2*+1;-2. The van der Waals surface area contributed by atoms with Gasteiger partial charge in [-0.25, -0.2) is 0 Å². The predicted octanol–water partition coefficient (Wildman–Crippen LogP) is 16.2. The molecule has 0 atom stereocenters. The summed E-state index contributed by atoms with van der Waals surface area (Å²) in [5, 5.41) is 47.5. The molecule has 0 saturated carbocycles. The Balaban J connectivity index is 0.000000208. The lowest BCUT2D eigenvalue weighted by atomic mass is 10.1. The number of nitrogens with zero attached hydrogens (tertiary/aromatic N) is 18. The van der Waals surface area contributed by atoms with Crippen molar-refractivity contribution in [3.8, 4) is 5.75 Å². The third-order valence-electron chi connectivity index (χ3n) is 13.3. The molecule has 0 bridgehead atoms. The molecule has 0 spiro atoms. The lowest BCUT2D eigenvalue weighted by molar-refractivity contribution is -0.372. The number of hydrogen-bond acceptors (Lipinski definition) is 11. The van der Waals surface area contributed by atoms with Gasteiger partial charge in [-0.1, -0.05) is 164 Å². The molecule has 9 rings (SSSR count). The molecule has 0 aliphatic heterocycles. The molecule has 0 fully saturated rings. The van der Waals surface area contributed by atoms with Crippen LogP contribution in [0, 0.1) is 0 Å². The van der Waals surface area contributed by atoms with E-state index in [0.717, 1.165) is 31.8 Å². The van der Waals surface area contributed by atoms with Crippen LogP contribution in [0.3, 0.4) is 0 Å². The number of ketones is 2. The van der Waals surface area contributed by atoms with Crippen LogP contribution in [0.15, 0.2) is 255 Å². The van der Waals surface area contributed by atoms with Gasteiger partial charge in [0.05, 0.1) is 16.9 Å². The van der Waals surface area contributed by atoms with Crippen LogP contribution in [0.1, 0.15) is 31.8 Å². The van der Waals surface area contributed by atoms with Crippen LogP contribution in [-0.4, -0.2) is 31.2 Å². The van der Waals surface area contributed by atoms with Crippen molar-refractivity contribution < 1.29 is 50.6 Å². The zero-order chi connectivity index (χ0) is 66.3. The molecule has 9 aromatic rings. The van der Waals surface area contributed by atoms with Gasteiger partial charge in [-0.05, 0) is 124 Å². The summed E-state index contributed by atoms with van der Waals surface area (Å²) in [4.78, 5) is 45.1. The fourth-order valence-electron chi connectivity index (χ4n) is 9.47. The van der Waals surface area contributed by atoms with E-state index >= 15 is 0 Å². The second-order valence-corrected chi connectivity index (χ2v) is 25.9. The summed E-state index contributed by atoms with van der Waals surface area (Å²) in [6.07, 6.45) is -9.92. The molecule has 0 radical (unpaired) electrons. The molecule has 0 N–H and O–H groups in total. The first-order chi connectivity index (χ1) is 44.2. The predicted molar refractivity (Wildman–Crippen MR) is 337 cm³/mol. The van der Waals surface area contributed by atoms with Crippen molar-refractivity contribution in [2.75, 3.05) is 12.3 Å². The van der Waals surface area contributed by atoms with E-state index in [1.54, 1.807) is 158 Å². The minimum atomic E-state index is -5.05. The maximum Gasteiger partial charge on any atom is 0.416 e. The summed E-state index contributed by atoms with van der Waals surface area (Å²) in [5.41, 5.74) is 54.5. The molecule has 32 heteroatoms. The zero-order valence-corrected chi connectivity index (χ0v) is 48.9. The molecule has 0 amide bonds. The first kappa shape index (κ1) is 67.9. The fraction of sp³-hybridized carbons (Fsp3) is 0.0667.